The maximum Gasteiger partial charge on any atom is 0.163 e. The van der Waals surface area contributed by atoms with Crippen molar-refractivity contribution in [2.24, 2.45) is 0 Å². The van der Waals surface area contributed by atoms with E-state index in [-0.39, 0.29) is 29.3 Å². The van der Waals surface area contributed by atoms with Gasteiger partial charge in [-0.15, -0.1) is 0 Å². The zero-order valence-corrected chi connectivity index (χ0v) is 22.6. The number of carbonyl (C=O) groups is 1. The highest BCUT2D eigenvalue weighted by Crippen LogP contribution is 2.46. The molecule has 0 bridgehead atoms. The zero-order valence-electron chi connectivity index (χ0n) is 22.6. The molecule has 1 heterocycles. The van der Waals surface area contributed by atoms with E-state index in [0.29, 0.717) is 6.42 Å². The first kappa shape index (κ1) is 25.1. The normalized spacial score (nSPS) is 20.2. The summed E-state index contributed by atoms with van der Waals surface area (Å²) in [5.74, 6) is 1.15. The van der Waals surface area contributed by atoms with E-state index in [1.54, 1.807) is 0 Å². The monoisotopic (exact) mass is 494 g/mol. The molecule has 0 saturated heterocycles. The van der Waals surface area contributed by atoms with Gasteiger partial charge < -0.3 is 15.4 Å². The van der Waals surface area contributed by atoms with Crippen molar-refractivity contribution >= 4 is 17.2 Å². The molecule has 2 N–H and O–H groups in total. The average Bonchev–Trinajstić information content (AvgIpc) is 3.05. The third-order valence-electron chi connectivity index (χ3n) is 7.69. The maximum atomic E-state index is 13.9. The lowest BCUT2D eigenvalue weighted by Crippen LogP contribution is -2.27. The number of para-hydroxylation sites is 3. The number of anilines is 2. The minimum atomic E-state index is -0.289. The van der Waals surface area contributed by atoms with Crippen molar-refractivity contribution in [3.05, 3.63) is 101 Å². The summed E-state index contributed by atoms with van der Waals surface area (Å²) in [7, 11) is 0. The minimum absolute atomic E-state index is 0.0910. The van der Waals surface area contributed by atoms with Gasteiger partial charge in [-0.25, -0.2) is 0 Å². The van der Waals surface area contributed by atoms with Crippen LogP contribution in [0.15, 0.2) is 84.1 Å². The Kier molecular flexibility index (Phi) is 6.85. The summed E-state index contributed by atoms with van der Waals surface area (Å²) in [6, 6.07) is 24.9. The van der Waals surface area contributed by atoms with Crippen molar-refractivity contribution in [1.82, 2.24) is 0 Å². The van der Waals surface area contributed by atoms with E-state index in [2.05, 4.69) is 87.7 Å². The highest BCUT2D eigenvalue weighted by atomic mass is 16.5. The van der Waals surface area contributed by atoms with E-state index in [9.17, 15) is 4.79 Å². The maximum absolute atomic E-state index is 13.9. The van der Waals surface area contributed by atoms with E-state index in [0.717, 1.165) is 46.8 Å². The van der Waals surface area contributed by atoms with Gasteiger partial charge in [-0.3, -0.25) is 4.79 Å². The number of Topliss-reactive ketones (excluding diaryl/α,β-unsaturated/α-hetero) is 1. The molecule has 192 valence electrons. The fraction of sp³-hybridized carbons (Fsp3) is 0.364. The van der Waals surface area contributed by atoms with Crippen LogP contribution in [0.4, 0.5) is 11.4 Å². The second-order valence-electron chi connectivity index (χ2n) is 11.4. The van der Waals surface area contributed by atoms with E-state index in [1.165, 1.54) is 11.1 Å². The van der Waals surface area contributed by atoms with Gasteiger partial charge in [0.25, 0.3) is 0 Å². The van der Waals surface area contributed by atoms with Crippen molar-refractivity contribution in [1.29, 1.82) is 0 Å². The molecule has 37 heavy (non-hydrogen) atoms. The van der Waals surface area contributed by atoms with Crippen LogP contribution >= 0.6 is 0 Å². The molecule has 1 aliphatic heterocycles. The number of nitrogens with one attached hydrogen (secondary N) is 2. The zero-order chi connectivity index (χ0) is 26.2. The molecule has 3 aromatic rings. The van der Waals surface area contributed by atoms with E-state index >= 15 is 0 Å². The van der Waals surface area contributed by atoms with E-state index in [1.807, 2.05) is 30.3 Å². The fourth-order valence-corrected chi connectivity index (χ4v) is 5.34. The summed E-state index contributed by atoms with van der Waals surface area (Å²) in [4.78, 5) is 13.9. The summed E-state index contributed by atoms with van der Waals surface area (Å²) >= 11 is 0. The summed E-state index contributed by atoms with van der Waals surface area (Å²) in [5.41, 5.74) is 7.43. The van der Waals surface area contributed by atoms with Crippen LogP contribution in [0.2, 0.25) is 0 Å². The highest BCUT2D eigenvalue weighted by molar-refractivity contribution is 6.01. The van der Waals surface area contributed by atoms with Crippen LogP contribution in [-0.2, 0) is 10.2 Å². The molecular formula is C33H38N2O2. The molecule has 2 aliphatic rings. The number of hydrogen-bond acceptors (Lipinski definition) is 4. The predicted molar refractivity (Wildman–Crippen MR) is 152 cm³/mol. The summed E-state index contributed by atoms with van der Waals surface area (Å²) < 4.78 is 6.33. The Hall–Kier alpha value is -3.53. The quantitative estimate of drug-likeness (QED) is 0.376. The summed E-state index contributed by atoms with van der Waals surface area (Å²) in [6.07, 6.45) is 2.29. The molecule has 0 amide bonds. The van der Waals surface area contributed by atoms with Crippen LogP contribution in [0.25, 0.3) is 0 Å². The fourth-order valence-electron chi connectivity index (χ4n) is 5.34. The van der Waals surface area contributed by atoms with Crippen molar-refractivity contribution in [2.45, 2.75) is 77.4 Å². The van der Waals surface area contributed by atoms with Crippen LogP contribution in [0, 0.1) is 0 Å². The molecule has 4 nitrogen and oxygen atoms in total. The highest BCUT2D eigenvalue weighted by Gasteiger charge is 2.37. The Labute approximate surface area is 221 Å². The number of allylic oxidation sites excluding steroid dienone is 1. The van der Waals surface area contributed by atoms with Gasteiger partial charge in [0.05, 0.1) is 23.5 Å². The number of hydrogen-bond donors (Lipinski definition) is 2. The van der Waals surface area contributed by atoms with Crippen LogP contribution in [0.1, 0.15) is 82.5 Å². The molecule has 3 atom stereocenters. The van der Waals surface area contributed by atoms with Gasteiger partial charge in [-0.05, 0) is 60.4 Å². The predicted octanol–water partition coefficient (Wildman–Crippen LogP) is 8.14. The van der Waals surface area contributed by atoms with Gasteiger partial charge in [0, 0.05) is 23.3 Å². The first-order valence-corrected chi connectivity index (χ1v) is 13.5. The van der Waals surface area contributed by atoms with Crippen molar-refractivity contribution in [3.8, 4) is 5.75 Å². The molecule has 0 saturated carbocycles. The summed E-state index contributed by atoms with van der Waals surface area (Å²) in [6.45, 7) is 10.9. The van der Waals surface area contributed by atoms with Crippen LogP contribution in [0.3, 0.4) is 0 Å². The van der Waals surface area contributed by atoms with Crippen molar-refractivity contribution < 1.29 is 9.53 Å². The first-order valence-electron chi connectivity index (χ1n) is 13.5. The average molecular weight is 495 g/mol. The Morgan fingerprint density at radius 2 is 1.59 bits per heavy atom. The van der Waals surface area contributed by atoms with Crippen molar-refractivity contribution in [2.75, 3.05) is 10.6 Å². The third-order valence-corrected chi connectivity index (χ3v) is 7.69. The lowest BCUT2D eigenvalue weighted by Gasteiger charge is -2.31. The number of carbonyl (C=O) groups excluding carboxylic acids is 1. The standard InChI is InChI=1S/C33H38N2O2/c1-6-21(2)37-30-14-10-7-11-25(30)32-31-28(34-26-12-8-9-13-27(26)35-32)19-23(20-29(31)36)22-15-17-24(18-16-22)33(3,4)5/h7-18,21,23,32,34-35H,6,19-20H2,1-5H3. The van der Waals surface area contributed by atoms with Crippen molar-refractivity contribution in [3.63, 3.8) is 0 Å². The molecule has 0 fully saturated rings. The van der Waals surface area contributed by atoms with Gasteiger partial charge in [0.2, 0.25) is 0 Å². The Bertz CT molecular complexity index is 1320. The number of ketones is 1. The number of ether oxygens (including phenoxy) is 1. The van der Waals surface area contributed by atoms with Gasteiger partial charge in [0.1, 0.15) is 5.75 Å². The molecule has 4 heteroatoms. The Morgan fingerprint density at radius 1 is 0.919 bits per heavy atom. The topological polar surface area (TPSA) is 50.4 Å². The first-order chi connectivity index (χ1) is 17.7. The molecule has 1 aliphatic carbocycles. The SMILES string of the molecule is CCC(C)Oc1ccccc1C1Nc2ccccc2NC2=C1C(=O)CC(c1ccc(C(C)(C)C)cc1)C2. The van der Waals surface area contributed by atoms with Gasteiger partial charge in [-0.1, -0.05) is 82.3 Å². The van der Waals surface area contributed by atoms with Crippen LogP contribution in [-0.4, -0.2) is 11.9 Å². The summed E-state index contributed by atoms with van der Waals surface area (Å²) in [5, 5.41) is 7.35. The van der Waals surface area contributed by atoms with E-state index < -0.39 is 0 Å². The van der Waals surface area contributed by atoms with Gasteiger partial charge >= 0.3 is 0 Å². The molecule has 0 radical (unpaired) electrons. The third kappa shape index (κ3) is 5.16. The van der Waals surface area contributed by atoms with Crippen LogP contribution < -0.4 is 15.4 Å². The molecule has 0 spiro atoms. The second-order valence-corrected chi connectivity index (χ2v) is 11.4. The largest absolute Gasteiger partial charge is 0.490 e. The van der Waals surface area contributed by atoms with Gasteiger partial charge in [-0.2, -0.15) is 0 Å². The Balaban J connectivity index is 1.56. The smallest absolute Gasteiger partial charge is 0.163 e. The number of fused-ring (bicyclic) bond motifs is 1. The Morgan fingerprint density at radius 3 is 2.30 bits per heavy atom. The minimum Gasteiger partial charge on any atom is -0.490 e. The lowest BCUT2D eigenvalue weighted by atomic mass is 9.77. The lowest BCUT2D eigenvalue weighted by molar-refractivity contribution is -0.116. The molecule has 3 aromatic carbocycles. The number of rotatable bonds is 5. The van der Waals surface area contributed by atoms with Crippen LogP contribution in [0.5, 0.6) is 5.75 Å². The molecule has 3 unspecified atom stereocenters. The molecular weight excluding hydrogens is 456 g/mol. The number of benzene rings is 3. The van der Waals surface area contributed by atoms with E-state index in [4.69, 9.17) is 4.74 Å². The molecule has 0 aromatic heterocycles. The molecule has 5 rings (SSSR count). The van der Waals surface area contributed by atoms with Gasteiger partial charge in [0.15, 0.2) is 5.78 Å². The second kappa shape index (κ2) is 10.1.